The van der Waals surface area contributed by atoms with Crippen LogP contribution in [-0.4, -0.2) is 100.0 Å². The van der Waals surface area contributed by atoms with Crippen LogP contribution in [0.15, 0.2) is 143 Å². The Balaban J connectivity index is 0.974. The van der Waals surface area contributed by atoms with Crippen molar-refractivity contribution in [2.75, 3.05) is 70.8 Å². The third-order valence-electron chi connectivity index (χ3n) is 16.6. The van der Waals surface area contributed by atoms with Gasteiger partial charge in [0.2, 0.25) is 0 Å². The number of halogens is 1. The summed E-state index contributed by atoms with van der Waals surface area (Å²) < 4.78 is 57.1. The van der Waals surface area contributed by atoms with Gasteiger partial charge in [0.1, 0.15) is 28.5 Å². The zero-order valence-electron chi connectivity index (χ0n) is 47.2. The van der Waals surface area contributed by atoms with E-state index in [9.17, 15) is 28.1 Å². The largest absolute Gasteiger partial charge is 0.497 e. The Morgan fingerprint density at radius 3 is 2.10 bits per heavy atom. The number of hydrogen-bond acceptors (Lipinski definition) is 13. The second kappa shape index (κ2) is 24.4. The molecule has 0 atom stereocenters. The minimum Gasteiger partial charge on any atom is -0.497 e. The highest BCUT2D eigenvalue weighted by Gasteiger charge is 2.32. The number of sulfonamides is 1. The van der Waals surface area contributed by atoms with E-state index in [-0.39, 0.29) is 45.9 Å². The molecule has 1 aliphatic heterocycles. The van der Waals surface area contributed by atoms with Crippen LogP contribution >= 0.6 is 11.6 Å². The predicted octanol–water partition coefficient (Wildman–Crippen LogP) is 11.9. The first-order chi connectivity index (χ1) is 39.4. The van der Waals surface area contributed by atoms with Gasteiger partial charge in [-0.3, -0.25) is 28.9 Å². The van der Waals surface area contributed by atoms with Gasteiger partial charge in [-0.2, -0.15) is 0 Å². The number of fused-ring (bicyclic) bond motifs is 1. The van der Waals surface area contributed by atoms with Crippen LogP contribution in [0, 0.1) is 21.4 Å². The van der Waals surface area contributed by atoms with Gasteiger partial charge >= 0.3 is 5.69 Å². The molecule has 1 amide bonds. The lowest BCUT2D eigenvalue weighted by atomic mass is 9.72. The predicted molar refractivity (Wildman–Crippen MR) is 321 cm³/mol. The van der Waals surface area contributed by atoms with Crippen molar-refractivity contribution in [3.05, 3.63) is 181 Å². The van der Waals surface area contributed by atoms with Crippen LogP contribution in [0.1, 0.15) is 91.9 Å². The monoisotopic (exact) mass is 1150 g/mol. The number of benzene rings is 6. The molecule has 2 heterocycles. The lowest BCUT2D eigenvalue weighted by Gasteiger charge is -2.39. The number of imidazole rings is 1. The van der Waals surface area contributed by atoms with Crippen LogP contribution in [0.2, 0.25) is 5.02 Å². The molecule has 430 valence electrons. The van der Waals surface area contributed by atoms with Crippen LogP contribution in [0.5, 0.6) is 23.0 Å². The van der Waals surface area contributed by atoms with E-state index in [0.29, 0.717) is 47.2 Å². The van der Waals surface area contributed by atoms with Gasteiger partial charge in [-0.05, 0) is 151 Å². The number of anilines is 2. The number of ether oxygens (including phenoxy) is 4. The molecular formula is C63H70ClN7O10S. The summed E-state index contributed by atoms with van der Waals surface area (Å²) in [6.45, 7) is 8.77. The number of nitro groups is 1. The Morgan fingerprint density at radius 2 is 1.48 bits per heavy atom. The van der Waals surface area contributed by atoms with Crippen LogP contribution in [-0.2, 0) is 21.8 Å². The van der Waals surface area contributed by atoms with E-state index in [1.807, 2.05) is 66.7 Å². The van der Waals surface area contributed by atoms with Gasteiger partial charge in [0.25, 0.3) is 21.6 Å². The SMILES string of the molecule is COc1ccc(C(c2ccc(OC)cc2)n2c(=O)n(C)c3c(Oc4cc(N5CCN(CC6=C(c7ccc(Cl)cc7)CC(C)(C)CC6)CC5)ccc4C(=O)NS(=O)(=O)c4ccc(NCC5CCC(OC)CC5)c([N+](=O)[O-])c4)cccc32)cc1. The van der Waals surface area contributed by atoms with E-state index in [0.717, 1.165) is 87.5 Å². The molecule has 0 bridgehead atoms. The number of methoxy groups -OCH3 is 3. The summed E-state index contributed by atoms with van der Waals surface area (Å²) in [7, 11) is 1.83. The quantitative estimate of drug-likeness (QED) is 0.0575. The first kappa shape index (κ1) is 57.6. The molecule has 7 aromatic rings. The Bertz CT molecular complexity index is 3630. The Labute approximate surface area is 483 Å². The lowest BCUT2D eigenvalue weighted by Crippen LogP contribution is -2.47. The molecule has 17 nitrogen and oxygen atoms in total. The van der Waals surface area contributed by atoms with Gasteiger partial charge in [0.05, 0.1) is 47.3 Å². The Kier molecular flexibility index (Phi) is 17.2. The normalized spacial score (nSPS) is 17.7. The summed E-state index contributed by atoms with van der Waals surface area (Å²) in [5.41, 5.74) is 6.74. The molecule has 2 N–H and O–H groups in total. The van der Waals surface area contributed by atoms with Crippen LogP contribution in [0.4, 0.5) is 17.1 Å². The minimum atomic E-state index is -4.70. The molecule has 19 heteroatoms. The smallest absolute Gasteiger partial charge is 0.329 e. The summed E-state index contributed by atoms with van der Waals surface area (Å²) >= 11 is 6.31. The Hall–Kier alpha value is -7.64. The zero-order chi connectivity index (χ0) is 57.9. The van der Waals surface area contributed by atoms with Crippen molar-refractivity contribution in [2.45, 2.75) is 75.8 Å². The molecule has 2 fully saturated rings. The molecule has 0 spiro atoms. The minimum absolute atomic E-state index is 0.0230. The highest BCUT2D eigenvalue weighted by Crippen LogP contribution is 2.44. The first-order valence-electron chi connectivity index (χ1n) is 27.8. The summed E-state index contributed by atoms with van der Waals surface area (Å²) in [6, 6.07) is 36.4. The fourth-order valence-electron chi connectivity index (χ4n) is 11.8. The number of rotatable bonds is 19. The molecule has 1 saturated carbocycles. The molecule has 6 aromatic carbocycles. The molecular weight excluding hydrogens is 1080 g/mol. The van der Waals surface area contributed by atoms with Crippen LogP contribution < -0.4 is 34.8 Å². The number of nitrogens with zero attached hydrogens (tertiary/aromatic N) is 5. The third-order valence-corrected chi connectivity index (χ3v) is 18.1. The maximum absolute atomic E-state index is 14.8. The number of aromatic nitrogens is 2. The topological polar surface area (TPSA) is 189 Å². The number of nitro benzene ring substituents is 1. The number of piperazine rings is 1. The fourth-order valence-corrected chi connectivity index (χ4v) is 12.9. The van der Waals surface area contributed by atoms with Gasteiger partial charge in [0, 0.05) is 76.3 Å². The highest BCUT2D eigenvalue weighted by atomic mass is 35.5. The van der Waals surface area contributed by atoms with Crippen molar-refractivity contribution in [3.63, 3.8) is 0 Å². The third kappa shape index (κ3) is 12.5. The summed E-state index contributed by atoms with van der Waals surface area (Å²) in [5.74, 6) is 0.789. The molecule has 10 rings (SSSR count). The van der Waals surface area contributed by atoms with E-state index >= 15 is 0 Å². The van der Waals surface area contributed by atoms with Gasteiger partial charge in [0.15, 0.2) is 5.75 Å². The number of aryl methyl sites for hydroxylation is 1. The Morgan fingerprint density at radius 1 is 0.817 bits per heavy atom. The first-order valence-corrected chi connectivity index (χ1v) is 29.6. The molecule has 2 aliphatic carbocycles. The van der Waals surface area contributed by atoms with Crippen molar-refractivity contribution < 1.29 is 37.1 Å². The van der Waals surface area contributed by atoms with Crippen molar-refractivity contribution >= 4 is 61.2 Å². The van der Waals surface area contributed by atoms with E-state index in [2.05, 4.69) is 45.8 Å². The van der Waals surface area contributed by atoms with E-state index in [4.69, 9.17) is 30.5 Å². The van der Waals surface area contributed by atoms with Crippen molar-refractivity contribution in [2.24, 2.45) is 18.4 Å². The molecule has 82 heavy (non-hydrogen) atoms. The number of amides is 1. The molecule has 3 aliphatic rings. The molecule has 1 aromatic heterocycles. The summed E-state index contributed by atoms with van der Waals surface area (Å²) in [5, 5.41) is 16.3. The molecule has 0 unspecified atom stereocenters. The highest BCUT2D eigenvalue weighted by molar-refractivity contribution is 7.90. The van der Waals surface area contributed by atoms with Gasteiger partial charge < -0.3 is 29.2 Å². The van der Waals surface area contributed by atoms with Crippen molar-refractivity contribution in [1.29, 1.82) is 0 Å². The number of nitrogens with one attached hydrogen (secondary N) is 2. The average Bonchev–Trinajstić information content (AvgIpc) is 4.01. The number of carbonyl (C=O) groups excluding carboxylic acids is 1. The van der Waals surface area contributed by atoms with Gasteiger partial charge in [-0.25, -0.2) is 17.9 Å². The van der Waals surface area contributed by atoms with Crippen molar-refractivity contribution in [3.8, 4) is 23.0 Å². The summed E-state index contributed by atoms with van der Waals surface area (Å²) in [4.78, 5) is 45.4. The van der Waals surface area contributed by atoms with Crippen LogP contribution in [0.3, 0.4) is 0 Å². The second-order valence-electron chi connectivity index (χ2n) is 22.4. The molecule has 0 radical (unpaired) electrons. The number of hydrogen-bond donors (Lipinski definition) is 2. The van der Waals surface area contributed by atoms with E-state index in [1.165, 1.54) is 39.5 Å². The second-order valence-corrected chi connectivity index (χ2v) is 24.5. The van der Waals surface area contributed by atoms with Gasteiger partial charge in [-0.15, -0.1) is 0 Å². The van der Waals surface area contributed by atoms with Crippen LogP contribution in [0.25, 0.3) is 16.6 Å². The number of allylic oxidation sites excluding steroid dienone is 1. The maximum Gasteiger partial charge on any atom is 0.329 e. The summed E-state index contributed by atoms with van der Waals surface area (Å²) in [6.07, 6.45) is 6.84. The van der Waals surface area contributed by atoms with E-state index < -0.39 is 37.5 Å². The average molecular weight is 1150 g/mol. The fraction of sp³-hybridized carbons (Fsp3) is 0.365. The number of para-hydroxylation sites is 1. The molecule has 1 saturated heterocycles. The van der Waals surface area contributed by atoms with Crippen molar-refractivity contribution in [1.82, 2.24) is 18.8 Å². The zero-order valence-corrected chi connectivity index (χ0v) is 48.7. The van der Waals surface area contributed by atoms with E-state index in [1.54, 1.807) is 57.2 Å². The van der Waals surface area contributed by atoms with Gasteiger partial charge in [-0.1, -0.05) is 73.5 Å². The number of carbonyl (C=O) groups is 1. The maximum atomic E-state index is 14.8. The standard InChI is InChI=1S/C63H70ClN7O10S/c1-63(2)31-30-45(53(38-63)42-12-18-46(64)19-13-42)40-68-32-34-69(35-33-68)47-20-28-52(61(72)66-82(76,77)51-27-29-54(56(37-51)71(74)75)65-39-41-10-21-48(78-4)22-11-41)58(36-47)81-57-9-7-8-55-60(57)67(3)62(73)70(55)59(43-14-23-49(79-5)24-15-43)44-16-25-50(80-6)26-17-44/h7-9,12-20,23-29,36-37,41,48,59,65H,10-11,21-22,30-35,38-40H2,1-6H3,(H,66,72). The lowest BCUT2D eigenvalue weighted by molar-refractivity contribution is -0.384.